The number of carbonyl (C=O) groups excluding carboxylic acids is 1. The molecule has 0 radical (unpaired) electrons. The van der Waals surface area contributed by atoms with Crippen molar-refractivity contribution in [3.05, 3.63) is 29.3 Å². The van der Waals surface area contributed by atoms with Crippen LogP contribution in [0.5, 0.6) is 0 Å². The second-order valence-electron chi connectivity index (χ2n) is 3.01. The van der Waals surface area contributed by atoms with Crippen molar-refractivity contribution in [3.8, 4) is 0 Å². The van der Waals surface area contributed by atoms with Crippen molar-refractivity contribution in [2.24, 2.45) is 10.2 Å². The van der Waals surface area contributed by atoms with E-state index in [9.17, 15) is 4.79 Å². The van der Waals surface area contributed by atoms with E-state index in [1.165, 1.54) is 0 Å². The van der Waals surface area contributed by atoms with E-state index in [4.69, 9.17) is 11.6 Å². The number of nitrogens with one attached hydrogen (secondary N) is 1. The Hall–Kier alpha value is -1.68. The maximum Gasteiger partial charge on any atom is 0.272 e. The smallest absolute Gasteiger partial charge is 0.272 e. The Morgan fingerprint density at radius 2 is 2.07 bits per heavy atom. The molecule has 1 amide bonds. The van der Waals surface area contributed by atoms with Gasteiger partial charge in [0.25, 0.3) is 5.91 Å². The lowest BCUT2D eigenvalue weighted by atomic mass is 10.2. The lowest BCUT2D eigenvalue weighted by Crippen LogP contribution is -2.21. The minimum atomic E-state index is -0.227. The summed E-state index contributed by atoms with van der Waals surface area (Å²) < 4.78 is 0. The Labute approximate surface area is 91.7 Å². The molecule has 1 aliphatic rings. The summed E-state index contributed by atoms with van der Waals surface area (Å²) in [6, 6.07) is 6.89. The zero-order chi connectivity index (χ0) is 10.7. The van der Waals surface area contributed by atoms with Gasteiger partial charge in [0.2, 0.25) is 0 Å². The number of carbonyl (C=O) groups is 1. The van der Waals surface area contributed by atoms with Crippen LogP contribution >= 0.6 is 11.6 Å². The van der Waals surface area contributed by atoms with E-state index < -0.39 is 0 Å². The fourth-order valence-electron chi connectivity index (χ4n) is 1.15. The lowest BCUT2D eigenvalue weighted by Gasteiger charge is -2.03. The molecule has 0 spiro atoms. The Bertz CT molecular complexity index is 436. The molecule has 0 aliphatic carbocycles. The molecule has 0 aromatic heterocycles. The predicted molar refractivity (Wildman–Crippen MR) is 60.6 cm³/mol. The van der Waals surface area contributed by atoms with E-state index in [1.807, 2.05) is 0 Å². The van der Waals surface area contributed by atoms with E-state index in [-0.39, 0.29) is 5.91 Å². The average Bonchev–Trinajstić information content (AvgIpc) is 2.74. The highest BCUT2D eigenvalue weighted by molar-refractivity contribution is 6.45. The molecule has 2 rings (SSSR count). The summed E-state index contributed by atoms with van der Waals surface area (Å²) in [6.45, 7) is 0. The van der Waals surface area contributed by atoms with Crippen LogP contribution in [0, 0.1) is 0 Å². The Kier molecular flexibility index (Phi) is 2.78. The Morgan fingerprint density at radius 3 is 2.67 bits per heavy atom. The summed E-state index contributed by atoms with van der Waals surface area (Å²) in [6.07, 6.45) is 2.08. The maximum absolute atomic E-state index is 11.5. The quantitative estimate of drug-likeness (QED) is 0.817. The van der Waals surface area contributed by atoms with Gasteiger partial charge >= 0.3 is 0 Å². The molecule has 1 heterocycles. The minimum Gasteiger partial charge on any atom is -0.321 e. The topological polar surface area (TPSA) is 53.8 Å². The molecule has 4 nitrogen and oxygen atoms in total. The molecule has 0 bridgehead atoms. The third-order valence-corrected chi connectivity index (χ3v) is 2.16. The zero-order valence-electron chi connectivity index (χ0n) is 7.77. The first-order valence-corrected chi connectivity index (χ1v) is 4.79. The summed E-state index contributed by atoms with van der Waals surface area (Å²) in [5.41, 5.74) is 1.11. The van der Waals surface area contributed by atoms with Gasteiger partial charge in [-0.15, -0.1) is 5.10 Å². The second-order valence-corrected chi connectivity index (χ2v) is 3.45. The van der Waals surface area contributed by atoms with Crippen LogP contribution in [0.4, 0.5) is 5.69 Å². The molecule has 0 atom stereocenters. The van der Waals surface area contributed by atoms with Gasteiger partial charge in [-0.3, -0.25) is 4.79 Å². The number of hydrogen-bond donors (Lipinski definition) is 1. The van der Waals surface area contributed by atoms with Gasteiger partial charge in [0.1, 0.15) is 5.71 Å². The number of halogens is 1. The molecule has 15 heavy (non-hydrogen) atoms. The summed E-state index contributed by atoms with van der Waals surface area (Å²) in [5.74, 6) is -0.227. The van der Waals surface area contributed by atoms with Crippen LogP contribution in [0.25, 0.3) is 0 Å². The number of anilines is 1. The van der Waals surface area contributed by atoms with Crippen molar-refractivity contribution >= 4 is 35.1 Å². The summed E-state index contributed by atoms with van der Waals surface area (Å²) in [5, 5.41) is 10.7. The highest BCUT2D eigenvalue weighted by Crippen LogP contribution is 2.13. The number of nitrogens with zero attached hydrogens (tertiary/aromatic N) is 2. The Balaban J connectivity index is 2.03. The van der Waals surface area contributed by atoms with Crippen molar-refractivity contribution < 1.29 is 4.79 Å². The first-order valence-electron chi connectivity index (χ1n) is 4.41. The third kappa shape index (κ3) is 2.41. The van der Waals surface area contributed by atoms with Crippen molar-refractivity contribution in [2.75, 3.05) is 5.32 Å². The third-order valence-electron chi connectivity index (χ3n) is 1.91. The van der Waals surface area contributed by atoms with Gasteiger partial charge in [-0.2, -0.15) is 5.10 Å². The second kappa shape index (κ2) is 4.23. The monoisotopic (exact) mass is 221 g/mol. The van der Waals surface area contributed by atoms with Crippen molar-refractivity contribution in [1.29, 1.82) is 0 Å². The van der Waals surface area contributed by atoms with Gasteiger partial charge < -0.3 is 5.32 Å². The summed E-state index contributed by atoms with van der Waals surface area (Å²) in [7, 11) is 0. The molecule has 1 aromatic carbocycles. The molecule has 0 saturated heterocycles. The minimum absolute atomic E-state index is 0.227. The number of rotatable bonds is 2. The molecule has 5 heteroatoms. The van der Waals surface area contributed by atoms with Crippen LogP contribution in [-0.4, -0.2) is 17.8 Å². The summed E-state index contributed by atoms with van der Waals surface area (Å²) in [4.78, 5) is 11.5. The number of benzene rings is 1. The van der Waals surface area contributed by atoms with Gasteiger partial charge in [0.05, 0.1) is 0 Å². The molecule has 0 unspecified atom stereocenters. The summed E-state index contributed by atoms with van der Waals surface area (Å²) >= 11 is 5.72. The van der Waals surface area contributed by atoms with Crippen molar-refractivity contribution in [1.82, 2.24) is 0 Å². The number of amides is 1. The van der Waals surface area contributed by atoms with Crippen LogP contribution in [0.3, 0.4) is 0 Å². The zero-order valence-corrected chi connectivity index (χ0v) is 8.53. The molecule has 0 saturated carbocycles. The highest BCUT2D eigenvalue weighted by Gasteiger charge is 2.13. The van der Waals surface area contributed by atoms with Gasteiger partial charge in [-0.25, -0.2) is 0 Å². The highest BCUT2D eigenvalue weighted by atomic mass is 35.5. The standard InChI is InChI=1S/C10H8ClN3O/c11-7-1-3-8(4-2-7)13-10(15)9-5-6-12-14-9/h1-4,6H,5H2,(H,13,15). The van der Waals surface area contributed by atoms with Crippen LogP contribution < -0.4 is 5.32 Å². The predicted octanol–water partition coefficient (Wildman–Crippen LogP) is 2.11. The molecular formula is C10H8ClN3O. The fourth-order valence-corrected chi connectivity index (χ4v) is 1.28. The van der Waals surface area contributed by atoms with E-state index in [0.29, 0.717) is 22.8 Å². The van der Waals surface area contributed by atoms with Crippen LogP contribution in [0.2, 0.25) is 5.02 Å². The van der Waals surface area contributed by atoms with E-state index in [1.54, 1.807) is 30.5 Å². The van der Waals surface area contributed by atoms with E-state index >= 15 is 0 Å². The fraction of sp³-hybridized carbons (Fsp3) is 0.100. The van der Waals surface area contributed by atoms with Gasteiger partial charge in [0, 0.05) is 23.3 Å². The largest absolute Gasteiger partial charge is 0.321 e. The van der Waals surface area contributed by atoms with Gasteiger partial charge in [0.15, 0.2) is 0 Å². The van der Waals surface area contributed by atoms with Gasteiger partial charge in [-0.1, -0.05) is 11.6 Å². The molecule has 1 aliphatic heterocycles. The maximum atomic E-state index is 11.5. The normalized spacial score (nSPS) is 13.8. The lowest BCUT2D eigenvalue weighted by molar-refractivity contribution is -0.110. The molecule has 1 aromatic rings. The Morgan fingerprint density at radius 1 is 1.33 bits per heavy atom. The van der Waals surface area contributed by atoms with Gasteiger partial charge in [-0.05, 0) is 24.3 Å². The van der Waals surface area contributed by atoms with Crippen LogP contribution in [0.1, 0.15) is 6.42 Å². The average molecular weight is 222 g/mol. The first-order chi connectivity index (χ1) is 7.25. The molecule has 1 N–H and O–H groups in total. The molecule has 76 valence electrons. The van der Waals surface area contributed by atoms with Crippen molar-refractivity contribution in [3.63, 3.8) is 0 Å². The molecular weight excluding hydrogens is 214 g/mol. The van der Waals surface area contributed by atoms with Crippen molar-refractivity contribution in [2.45, 2.75) is 6.42 Å². The first kappa shape index (κ1) is 9.86. The van der Waals surface area contributed by atoms with E-state index in [0.717, 1.165) is 0 Å². The number of hydrogen-bond acceptors (Lipinski definition) is 3. The van der Waals surface area contributed by atoms with E-state index in [2.05, 4.69) is 15.5 Å². The van der Waals surface area contributed by atoms with Crippen LogP contribution in [0.15, 0.2) is 34.5 Å². The van der Waals surface area contributed by atoms with Crippen LogP contribution in [-0.2, 0) is 4.79 Å². The SMILES string of the molecule is O=C(Nc1ccc(Cl)cc1)C1=NN=CC1. The molecule has 0 fully saturated rings.